The molecule has 2 aromatic carbocycles. The number of hydrogen-bond donors (Lipinski definition) is 1. The maximum absolute atomic E-state index is 12.3. The summed E-state index contributed by atoms with van der Waals surface area (Å²) in [4.78, 5) is 12.3. The van der Waals surface area contributed by atoms with E-state index in [1.54, 1.807) is 18.2 Å². The van der Waals surface area contributed by atoms with Crippen LogP contribution >= 0.6 is 0 Å². The van der Waals surface area contributed by atoms with Gasteiger partial charge in [0.15, 0.2) is 0 Å². The van der Waals surface area contributed by atoms with Crippen LogP contribution in [-0.2, 0) is 0 Å². The Bertz CT molecular complexity index is 964. The van der Waals surface area contributed by atoms with Crippen LogP contribution in [0.5, 0.6) is 11.5 Å². The Morgan fingerprint density at radius 1 is 1.25 bits per heavy atom. The molecule has 1 aromatic heterocycles. The van der Waals surface area contributed by atoms with Crippen molar-refractivity contribution >= 4 is 16.9 Å². The van der Waals surface area contributed by atoms with Crippen molar-refractivity contribution < 1.29 is 14.6 Å². The molecule has 0 bridgehead atoms. The van der Waals surface area contributed by atoms with E-state index in [2.05, 4.69) is 6.07 Å². The molecule has 5 heteroatoms. The largest absolute Gasteiger partial charge is 0.507 e. The van der Waals surface area contributed by atoms with Crippen molar-refractivity contribution in [3.8, 4) is 17.6 Å². The van der Waals surface area contributed by atoms with E-state index in [1.807, 2.05) is 30.7 Å². The van der Waals surface area contributed by atoms with Crippen LogP contribution in [0.15, 0.2) is 48.7 Å². The third-order valence-corrected chi connectivity index (χ3v) is 3.81. The second-order valence-electron chi connectivity index (χ2n) is 5.74. The van der Waals surface area contributed by atoms with Crippen LogP contribution in [0.2, 0.25) is 0 Å². The molecule has 0 atom stereocenters. The van der Waals surface area contributed by atoms with Gasteiger partial charge in [-0.1, -0.05) is 12.1 Å². The number of hydrogen-bond acceptors (Lipinski definition) is 4. The molecule has 3 rings (SSSR count). The Morgan fingerprint density at radius 2 is 2.00 bits per heavy atom. The molecule has 0 saturated heterocycles. The molecule has 5 nitrogen and oxygen atoms in total. The summed E-state index contributed by atoms with van der Waals surface area (Å²) in [5.74, 6) is -0.506. The van der Waals surface area contributed by atoms with Crippen molar-refractivity contribution in [2.75, 3.05) is 0 Å². The first kappa shape index (κ1) is 15.6. The van der Waals surface area contributed by atoms with E-state index < -0.39 is 5.97 Å². The number of esters is 1. The van der Waals surface area contributed by atoms with Gasteiger partial charge in [0.2, 0.25) is 0 Å². The number of carbonyl (C=O) groups excluding carboxylic acids is 1. The maximum Gasteiger partial charge on any atom is 0.347 e. The number of nitriles is 1. The average Bonchev–Trinajstić information content (AvgIpc) is 2.99. The Kier molecular flexibility index (Phi) is 3.97. The average molecular weight is 320 g/mol. The molecule has 3 aromatic rings. The monoisotopic (exact) mass is 320 g/mol. The predicted octanol–water partition coefficient (Wildman–Crippen LogP) is 4.02. The van der Waals surface area contributed by atoms with Crippen LogP contribution < -0.4 is 4.74 Å². The summed E-state index contributed by atoms with van der Waals surface area (Å²) >= 11 is 0. The number of rotatable bonds is 3. The van der Waals surface area contributed by atoms with E-state index in [1.165, 1.54) is 18.2 Å². The van der Waals surface area contributed by atoms with Crippen LogP contribution in [-0.4, -0.2) is 15.6 Å². The van der Waals surface area contributed by atoms with Crippen molar-refractivity contribution in [2.45, 2.75) is 19.9 Å². The van der Waals surface area contributed by atoms with Gasteiger partial charge in [-0.2, -0.15) is 5.26 Å². The summed E-state index contributed by atoms with van der Waals surface area (Å²) in [6, 6.07) is 13.6. The van der Waals surface area contributed by atoms with Gasteiger partial charge in [0.1, 0.15) is 17.1 Å². The highest BCUT2D eigenvalue weighted by Gasteiger charge is 2.17. The lowest BCUT2D eigenvalue weighted by Gasteiger charge is -2.11. The first-order valence-corrected chi connectivity index (χ1v) is 7.56. The van der Waals surface area contributed by atoms with Gasteiger partial charge in [-0.25, -0.2) is 4.79 Å². The Balaban J connectivity index is 2.08. The lowest BCUT2D eigenvalue weighted by atomic mass is 10.1. The first-order chi connectivity index (χ1) is 11.5. The molecule has 0 saturated carbocycles. The van der Waals surface area contributed by atoms with Crippen molar-refractivity contribution in [1.29, 1.82) is 5.26 Å². The molecule has 0 unspecified atom stereocenters. The molecule has 0 spiro atoms. The van der Waals surface area contributed by atoms with Crippen molar-refractivity contribution in [1.82, 2.24) is 4.57 Å². The lowest BCUT2D eigenvalue weighted by Crippen LogP contribution is -2.09. The van der Waals surface area contributed by atoms with Gasteiger partial charge in [-0.15, -0.1) is 0 Å². The molecule has 1 N–H and O–H groups in total. The van der Waals surface area contributed by atoms with Crippen molar-refractivity contribution in [3.05, 3.63) is 59.8 Å². The Labute approximate surface area is 139 Å². The molecule has 0 amide bonds. The van der Waals surface area contributed by atoms with E-state index in [0.29, 0.717) is 11.3 Å². The van der Waals surface area contributed by atoms with E-state index in [0.717, 1.165) is 10.9 Å². The Hall–Kier alpha value is -3.26. The molecule has 24 heavy (non-hydrogen) atoms. The highest BCUT2D eigenvalue weighted by atomic mass is 16.5. The van der Waals surface area contributed by atoms with Gasteiger partial charge in [0, 0.05) is 17.6 Å². The van der Waals surface area contributed by atoms with Crippen LogP contribution in [0, 0.1) is 11.3 Å². The van der Waals surface area contributed by atoms with E-state index >= 15 is 0 Å². The van der Waals surface area contributed by atoms with Crippen molar-refractivity contribution in [3.63, 3.8) is 0 Å². The topological polar surface area (TPSA) is 75.2 Å². The van der Waals surface area contributed by atoms with Gasteiger partial charge in [-0.05, 0) is 44.2 Å². The molecule has 120 valence electrons. The number of phenols is 1. The van der Waals surface area contributed by atoms with Gasteiger partial charge >= 0.3 is 5.97 Å². The maximum atomic E-state index is 12.3. The van der Waals surface area contributed by atoms with Crippen LogP contribution in [0.3, 0.4) is 0 Å². The van der Waals surface area contributed by atoms with Crippen LogP contribution in [0.4, 0.5) is 0 Å². The minimum Gasteiger partial charge on any atom is -0.507 e. The zero-order valence-corrected chi connectivity index (χ0v) is 13.4. The Morgan fingerprint density at radius 3 is 2.67 bits per heavy atom. The SMILES string of the molecule is CC(C)n1ccc2c(OC(=O)c3ccccc3O)cc(C#N)cc21. The minimum absolute atomic E-state index is 0.0799. The molecule has 0 fully saturated rings. The number of phenolic OH excluding ortho intramolecular Hbond substituents is 1. The number of aromatic nitrogens is 1. The minimum atomic E-state index is -0.665. The molecular weight excluding hydrogens is 304 g/mol. The highest BCUT2D eigenvalue weighted by Crippen LogP contribution is 2.31. The zero-order chi connectivity index (χ0) is 17.3. The first-order valence-electron chi connectivity index (χ1n) is 7.56. The standard InChI is InChI=1S/C19H16N2O3/c1-12(2)21-8-7-14-16(21)9-13(11-20)10-18(14)24-19(23)15-5-3-4-6-17(15)22/h3-10,12,22H,1-2H3. The molecule has 0 aliphatic carbocycles. The van der Waals surface area contributed by atoms with Crippen LogP contribution in [0.25, 0.3) is 10.9 Å². The van der Waals surface area contributed by atoms with Gasteiger partial charge in [-0.3, -0.25) is 0 Å². The number of benzene rings is 2. The predicted molar refractivity (Wildman–Crippen MR) is 90.1 cm³/mol. The van der Waals surface area contributed by atoms with E-state index in [9.17, 15) is 15.2 Å². The summed E-state index contributed by atoms with van der Waals surface area (Å²) in [5.41, 5.74) is 1.31. The summed E-state index contributed by atoms with van der Waals surface area (Å²) in [6.45, 7) is 4.07. The van der Waals surface area contributed by atoms with Crippen molar-refractivity contribution in [2.24, 2.45) is 0 Å². The third-order valence-electron chi connectivity index (χ3n) is 3.81. The number of nitrogens with zero attached hydrogens (tertiary/aromatic N) is 2. The fourth-order valence-electron chi connectivity index (χ4n) is 2.63. The number of ether oxygens (including phenoxy) is 1. The summed E-state index contributed by atoms with van der Waals surface area (Å²) in [6.07, 6.45) is 1.90. The molecule has 0 radical (unpaired) electrons. The highest BCUT2D eigenvalue weighted by molar-refractivity contribution is 5.97. The molecule has 0 aliphatic heterocycles. The molecule has 1 heterocycles. The second-order valence-corrected chi connectivity index (χ2v) is 5.74. The number of fused-ring (bicyclic) bond motifs is 1. The second kappa shape index (κ2) is 6.09. The summed E-state index contributed by atoms with van der Waals surface area (Å²) in [5, 5.41) is 19.8. The fourth-order valence-corrected chi connectivity index (χ4v) is 2.63. The van der Waals surface area contributed by atoms with E-state index in [-0.39, 0.29) is 17.4 Å². The van der Waals surface area contributed by atoms with Gasteiger partial charge in [0.25, 0.3) is 0 Å². The third kappa shape index (κ3) is 2.70. The number of carbonyl (C=O) groups is 1. The lowest BCUT2D eigenvalue weighted by molar-refractivity contribution is 0.0734. The quantitative estimate of drug-likeness (QED) is 0.584. The fraction of sp³-hybridized carbons (Fsp3) is 0.158. The zero-order valence-electron chi connectivity index (χ0n) is 13.4. The summed E-state index contributed by atoms with van der Waals surface area (Å²) in [7, 11) is 0. The van der Waals surface area contributed by atoms with Crippen LogP contribution in [0.1, 0.15) is 35.8 Å². The normalized spacial score (nSPS) is 10.8. The van der Waals surface area contributed by atoms with Gasteiger partial charge in [0.05, 0.1) is 17.1 Å². The van der Waals surface area contributed by atoms with Gasteiger partial charge < -0.3 is 14.4 Å². The molecular formula is C19H16N2O3. The number of para-hydroxylation sites is 1. The summed E-state index contributed by atoms with van der Waals surface area (Å²) < 4.78 is 7.47. The molecule has 0 aliphatic rings. The smallest absolute Gasteiger partial charge is 0.347 e. The van der Waals surface area contributed by atoms with E-state index in [4.69, 9.17) is 4.74 Å². The number of aromatic hydroxyl groups is 1.